The van der Waals surface area contributed by atoms with Gasteiger partial charge in [-0.2, -0.15) is 0 Å². The lowest BCUT2D eigenvalue weighted by molar-refractivity contribution is -0.115. The molecule has 0 radical (unpaired) electrons. The lowest BCUT2D eigenvalue weighted by Crippen LogP contribution is -2.26. The van der Waals surface area contributed by atoms with Gasteiger partial charge in [0.2, 0.25) is 0 Å². The van der Waals surface area contributed by atoms with Gasteiger partial charge in [0.15, 0.2) is 5.78 Å². The first-order valence-corrected chi connectivity index (χ1v) is 4.90. The highest BCUT2D eigenvalue weighted by Gasteiger charge is 2.29. The van der Waals surface area contributed by atoms with E-state index in [-0.39, 0.29) is 11.7 Å². The molecule has 1 unspecified atom stereocenters. The van der Waals surface area contributed by atoms with Crippen LogP contribution in [0.4, 0.5) is 0 Å². The summed E-state index contributed by atoms with van der Waals surface area (Å²) in [6.07, 6.45) is 4.88. The second-order valence-corrected chi connectivity index (χ2v) is 3.97. The van der Waals surface area contributed by atoms with Crippen LogP contribution in [0.5, 0.6) is 0 Å². The van der Waals surface area contributed by atoms with Crippen LogP contribution in [-0.4, -0.2) is 11.5 Å². The molecule has 4 heteroatoms. The predicted octanol–water partition coefficient (Wildman–Crippen LogP) is 2.79. The fraction of sp³-hybridized carbons (Fsp3) is 0.200. The van der Waals surface area contributed by atoms with E-state index in [1.165, 1.54) is 6.08 Å². The Hall–Kier alpha value is -0.860. The van der Waals surface area contributed by atoms with Crippen molar-refractivity contribution in [1.29, 1.82) is 0 Å². The van der Waals surface area contributed by atoms with Crippen LogP contribution in [0.1, 0.15) is 6.92 Å². The number of rotatable bonds is 0. The third-order valence-corrected chi connectivity index (χ3v) is 2.93. The van der Waals surface area contributed by atoms with Crippen molar-refractivity contribution in [1.82, 2.24) is 0 Å². The molecule has 1 atom stereocenters. The van der Waals surface area contributed by atoms with Crippen molar-refractivity contribution >= 4 is 34.7 Å². The van der Waals surface area contributed by atoms with Crippen LogP contribution in [0, 0.1) is 5.92 Å². The van der Waals surface area contributed by atoms with Crippen LogP contribution in [-0.2, 0) is 4.79 Å². The molecule has 0 N–H and O–H groups in total. The number of allylic oxidation sites excluding steroid dienone is 6. The number of fused-ring (bicyclic) bond motifs is 1. The number of hydrogen-bond acceptors (Lipinski definition) is 2. The van der Waals surface area contributed by atoms with Crippen LogP contribution < -0.4 is 0 Å². The van der Waals surface area contributed by atoms with Crippen molar-refractivity contribution < 1.29 is 4.79 Å². The first kappa shape index (κ1) is 9.69. The number of hydrogen-bond donors (Lipinski definition) is 0. The molecule has 1 aliphatic heterocycles. The van der Waals surface area contributed by atoms with Crippen molar-refractivity contribution in [3.8, 4) is 0 Å². The molecule has 0 aromatic rings. The molecule has 0 saturated heterocycles. The molecule has 0 saturated carbocycles. The molecule has 0 bridgehead atoms. The molecule has 2 rings (SSSR count). The first-order chi connectivity index (χ1) is 6.59. The summed E-state index contributed by atoms with van der Waals surface area (Å²) in [5.41, 5.74) is 1.23. The molecule has 0 amide bonds. The highest BCUT2D eigenvalue weighted by Crippen LogP contribution is 2.30. The van der Waals surface area contributed by atoms with Crippen LogP contribution in [0.15, 0.2) is 39.0 Å². The van der Waals surface area contributed by atoms with Gasteiger partial charge in [0, 0.05) is 11.8 Å². The van der Waals surface area contributed by atoms with Crippen LogP contribution in [0.25, 0.3) is 0 Å². The van der Waals surface area contributed by atoms with Gasteiger partial charge >= 0.3 is 0 Å². The fourth-order valence-corrected chi connectivity index (χ4v) is 1.86. The van der Waals surface area contributed by atoms with Gasteiger partial charge in [0.25, 0.3) is 0 Å². The van der Waals surface area contributed by atoms with Gasteiger partial charge in [0.1, 0.15) is 0 Å². The maximum atomic E-state index is 11.6. The highest BCUT2D eigenvalue weighted by atomic mass is 35.5. The Morgan fingerprint density at radius 1 is 1.43 bits per heavy atom. The van der Waals surface area contributed by atoms with E-state index in [0.717, 1.165) is 0 Å². The molecular formula is C10H7Cl2NO. The molecule has 72 valence electrons. The first-order valence-electron chi connectivity index (χ1n) is 4.14. The van der Waals surface area contributed by atoms with E-state index in [1.54, 1.807) is 19.1 Å². The largest absolute Gasteiger partial charge is 0.294 e. The van der Waals surface area contributed by atoms with Crippen molar-refractivity contribution in [3.05, 3.63) is 34.0 Å². The average molecular weight is 228 g/mol. The molecule has 14 heavy (non-hydrogen) atoms. The molecule has 0 aromatic carbocycles. The Bertz CT molecular complexity index is 429. The molecule has 0 aromatic heterocycles. The van der Waals surface area contributed by atoms with Gasteiger partial charge in [-0.05, 0) is 13.0 Å². The van der Waals surface area contributed by atoms with Gasteiger partial charge in [-0.15, -0.1) is 0 Å². The normalized spacial score (nSPS) is 25.9. The van der Waals surface area contributed by atoms with E-state index in [0.29, 0.717) is 21.5 Å². The summed E-state index contributed by atoms with van der Waals surface area (Å²) in [6.45, 7) is 1.76. The summed E-state index contributed by atoms with van der Waals surface area (Å²) in [5, 5.41) is 0.809. The average Bonchev–Trinajstić information content (AvgIpc) is 2.12. The predicted molar refractivity (Wildman–Crippen MR) is 57.6 cm³/mol. The lowest BCUT2D eigenvalue weighted by atomic mass is 9.91. The van der Waals surface area contributed by atoms with Gasteiger partial charge < -0.3 is 0 Å². The van der Waals surface area contributed by atoms with E-state index in [4.69, 9.17) is 23.2 Å². The van der Waals surface area contributed by atoms with Crippen molar-refractivity contribution in [2.75, 3.05) is 0 Å². The molecular weight excluding hydrogens is 221 g/mol. The third kappa shape index (κ3) is 1.45. The monoisotopic (exact) mass is 227 g/mol. The number of ketones is 1. The van der Waals surface area contributed by atoms with Crippen LogP contribution >= 0.6 is 23.2 Å². The van der Waals surface area contributed by atoms with Crippen molar-refractivity contribution in [2.24, 2.45) is 10.9 Å². The quantitative estimate of drug-likeness (QED) is 0.626. The minimum atomic E-state index is -0.353. The second-order valence-electron chi connectivity index (χ2n) is 3.18. The molecule has 2 aliphatic rings. The minimum absolute atomic E-state index is 0.00562. The summed E-state index contributed by atoms with van der Waals surface area (Å²) >= 11 is 11.8. The standard InChI is InChI=1S/C10H7Cl2NO/c1-5-4-8(14)6-2-3-7(11)9(12)10(6)13-5/h2-4,6H,1H3. The highest BCUT2D eigenvalue weighted by molar-refractivity contribution is 6.52. The zero-order valence-corrected chi connectivity index (χ0v) is 8.93. The Labute approximate surface area is 91.6 Å². The maximum absolute atomic E-state index is 11.6. The smallest absolute Gasteiger partial charge is 0.170 e. The molecule has 1 heterocycles. The Morgan fingerprint density at radius 3 is 2.86 bits per heavy atom. The maximum Gasteiger partial charge on any atom is 0.170 e. The zero-order valence-electron chi connectivity index (χ0n) is 7.42. The number of halogens is 2. The Kier molecular flexibility index (Phi) is 2.33. The summed E-state index contributed by atoms with van der Waals surface area (Å²) in [4.78, 5) is 15.8. The van der Waals surface area contributed by atoms with E-state index in [1.807, 2.05) is 0 Å². The number of carbonyl (C=O) groups excluding carboxylic acids is 1. The van der Waals surface area contributed by atoms with E-state index in [9.17, 15) is 4.79 Å². The molecule has 0 spiro atoms. The summed E-state index contributed by atoms with van der Waals surface area (Å²) in [6, 6.07) is 0. The van der Waals surface area contributed by atoms with E-state index in [2.05, 4.69) is 4.99 Å². The Morgan fingerprint density at radius 2 is 2.14 bits per heavy atom. The lowest BCUT2D eigenvalue weighted by Gasteiger charge is -2.20. The topological polar surface area (TPSA) is 29.4 Å². The Balaban J connectivity index is 2.54. The van der Waals surface area contributed by atoms with E-state index < -0.39 is 0 Å². The molecule has 0 fully saturated rings. The second kappa shape index (κ2) is 3.37. The van der Waals surface area contributed by atoms with Gasteiger partial charge in [-0.25, -0.2) is 0 Å². The molecule has 1 aliphatic carbocycles. The summed E-state index contributed by atoms with van der Waals surface area (Å²) in [7, 11) is 0. The minimum Gasteiger partial charge on any atom is -0.294 e. The number of aliphatic imine (C=N–C) groups is 1. The number of nitrogens with zero attached hydrogens (tertiary/aromatic N) is 1. The third-order valence-electron chi connectivity index (χ3n) is 2.12. The zero-order chi connectivity index (χ0) is 10.3. The van der Waals surface area contributed by atoms with Crippen LogP contribution in [0.2, 0.25) is 0 Å². The molecule has 2 nitrogen and oxygen atoms in total. The van der Waals surface area contributed by atoms with Gasteiger partial charge in [-0.3, -0.25) is 9.79 Å². The van der Waals surface area contributed by atoms with E-state index >= 15 is 0 Å². The fourth-order valence-electron chi connectivity index (χ4n) is 1.47. The summed E-state index contributed by atoms with van der Waals surface area (Å²) in [5.74, 6) is -0.347. The SMILES string of the molecule is CC1=CC(=O)C2C=CC(Cl)=C(Cl)C2=N1. The van der Waals surface area contributed by atoms with Gasteiger partial charge in [0.05, 0.1) is 21.7 Å². The van der Waals surface area contributed by atoms with Gasteiger partial charge in [-0.1, -0.05) is 29.3 Å². The number of carbonyl (C=O) groups is 1. The van der Waals surface area contributed by atoms with Crippen molar-refractivity contribution in [3.63, 3.8) is 0 Å². The summed E-state index contributed by atoms with van der Waals surface area (Å²) < 4.78 is 0. The van der Waals surface area contributed by atoms with Crippen LogP contribution in [0.3, 0.4) is 0 Å². The van der Waals surface area contributed by atoms with Crippen molar-refractivity contribution in [2.45, 2.75) is 6.92 Å².